The van der Waals surface area contributed by atoms with Crippen molar-refractivity contribution in [2.24, 2.45) is 0 Å². The van der Waals surface area contributed by atoms with Crippen LogP contribution in [-0.4, -0.2) is 36.6 Å². The minimum atomic E-state index is -1.21. The number of benzene rings is 2. The number of hydrogen-bond acceptors (Lipinski definition) is 3. The van der Waals surface area contributed by atoms with Crippen LogP contribution in [0.3, 0.4) is 0 Å². The Hall–Kier alpha value is -2.66. The van der Waals surface area contributed by atoms with Crippen molar-refractivity contribution in [1.82, 2.24) is 10.2 Å². The minimum absolute atomic E-state index is 0.234. The van der Waals surface area contributed by atoms with Crippen LogP contribution >= 0.6 is 0 Å². The van der Waals surface area contributed by atoms with Gasteiger partial charge >= 0.3 is 6.03 Å². The Labute approximate surface area is 154 Å². The SMILES string of the molecule is CCOCCN1C(=O)N[C@](c2ccccc2)(c2ccc(C)c(C)c2)C1=O. The molecule has 0 saturated carbocycles. The molecule has 0 unspecified atom stereocenters. The van der Waals surface area contributed by atoms with E-state index >= 15 is 0 Å². The van der Waals surface area contributed by atoms with Gasteiger partial charge in [-0.05, 0) is 43.0 Å². The van der Waals surface area contributed by atoms with Crippen molar-refractivity contribution in [1.29, 1.82) is 0 Å². The van der Waals surface area contributed by atoms with E-state index in [1.807, 2.05) is 69.3 Å². The maximum Gasteiger partial charge on any atom is 0.325 e. The summed E-state index contributed by atoms with van der Waals surface area (Å²) in [6.07, 6.45) is 0. The summed E-state index contributed by atoms with van der Waals surface area (Å²) in [7, 11) is 0. The average Bonchev–Trinajstić information content (AvgIpc) is 2.90. The number of nitrogens with zero attached hydrogens (tertiary/aromatic N) is 1. The molecule has 1 atom stereocenters. The van der Waals surface area contributed by atoms with Gasteiger partial charge in [0.1, 0.15) is 0 Å². The Kier molecular flexibility index (Phi) is 5.09. The smallest absolute Gasteiger partial charge is 0.325 e. The van der Waals surface area contributed by atoms with E-state index in [1.54, 1.807) is 0 Å². The first kappa shape index (κ1) is 18.1. The highest BCUT2D eigenvalue weighted by Crippen LogP contribution is 2.36. The fraction of sp³-hybridized carbons (Fsp3) is 0.333. The maximum atomic E-state index is 13.4. The highest BCUT2D eigenvalue weighted by atomic mass is 16.5. The van der Waals surface area contributed by atoms with Crippen molar-refractivity contribution >= 4 is 11.9 Å². The number of carbonyl (C=O) groups excluding carboxylic acids is 2. The largest absolute Gasteiger partial charge is 0.380 e. The second-order valence-corrected chi connectivity index (χ2v) is 6.50. The molecular weight excluding hydrogens is 328 g/mol. The van der Waals surface area contributed by atoms with Crippen molar-refractivity contribution < 1.29 is 14.3 Å². The molecule has 1 fully saturated rings. The number of aryl methyl sites for hydroxylation is 2. The van der Waals surface area contributed by atoms with Crippen molar-refractivity contribution in [3.8, 4) is 0 Å². The molecule has 1 saturated heterocycles. The summed E-state index contributed by atoms with van der Waals surface area (Å²) >= 11 is 0. The topological polar surface area (TPSA) is 58.6 Å². The summed E-state index contributed by atoms with van der Waals surface area (Å²) in [5.74, 6) is -0.267. The molecule has 2 aromatic carbocycles. The highest BCUT2D eigenvalue weighted by Gasteiger charge is 2.53. The fourth-order valence-corrected chi connectivity index (χ4v) is 3.30. The molecule has 5 nitrogen and oxygen atoms in total. The first-order valence-electron chi connectivity index (χ1n) is 8.85. The monoisotopic (exact) mass is 352 g/mol. The zero-order valence-electron chi connectivity index (χ0n) is 15.4. The zero-order chi connectivity index (χ0) is 18.7. The van der Waals surface area contributed by atoms with E-state index in [9.17, 15) is 9.59 Å². The van der Waals surface area contributed by atoms with Gasteiger partial charge in [-0.1, -0.05) is 48.5 Å². The highest BCUT2D eigenvalue weighted by molar-refractivity contribution is 6.09. The van der Waals surface area contributed by atoms with E-state index in [4.69, 9.17) is 4.74 Å². The van der Waals surface area contributed by atoms with Crippen molar-refractivity contribution in [3.05, 3.63) is 70.8 Å². The Bertz CT molecular complexity index is 819. The summed E-state index contributed by atoms with van der Waals surface area (Å²) < 4.78 is 5.33. The quantitative estimate of drug-likeness (QED) is 0.642. The van der Waals surface area contributed by atoms with Crippen LogP contribution in [-0.2, 0) is 15.1 Å². The molecule has 1 aliphatic rings. The summed E-state index contributed by atoms with van der Waals surface area (Å²) in [5.41, 5.74) is 2.53. The van der Waals surface area contributed by atoms with Crippen molar-refractivity contribution in [2.75, 3.05) is 19.8 Å². The number of imide groups is 1. The van der Waals surface area contributed by atoms with E-state index in [0.717, 1.165) is 22.3 Å². The molecule has 1 aliphatic heterocycles. The second kappa shape index (κ2) is 7.30. The molecule has 0 aliphatic carbocycles. The number of amides is 3. The van der Waals surface area contributed by atoms with Crippen LogP contribution in [0.1, 0.15) is 29.2 Å². The lowest BCUT2D eigenvalue weighted by molar-refractivity contribution is -0.130. The summed E-state index contributed by atoms with van der Waals surface area (Å²) in [6.45, 7) is 7.02. The molecule has 136 valence electrons. The number of ether oxygens (including phenoxy) is 1. The van der Waals surface area contributed by atoms with Crippen LogP contribution in [0.4, 0.5) is 4.79 Å². The summed E-state index contributed by atoms with van der Waals surface area (Å²) in [4.78, 5) is 27.3. The van der Waals surface area contributed by atoms with Crippen molar-refractivity contribution in [2.45, 2.75) is 26.3 Å². The predicted octanol–water partition coefficient (Wildman–Crippen LogP) is 3.14. The van der Waals surface area contributed by atoms with E-state index < -0.39 is 11.6 Å². The maximum absolute atomic E-state index is 13.4. The molecule has 0 spiro atoms. The van der Waals surface area contributed by atoms with Crippen LogP contribution in [0.25, 0.3) is 0 Å². The van der Waals surface area contributed by atoms with Gasteiger partial charge in [0, 0.05) is 6.61 Å². The summed E-state index contributed by atoms with van der Waals surface area (Å²) in [6, 6.07) is 14.9. The summed E-state index contributed by atoms with van der Waals surface area (Å²) in [5, 5.41) is 2.96. The van der Waals surface area contributed by atoms with Crippen LogP contribution in [0.5, 0.6) is 0 Å². The molecule has 5 heteroatoms. The number of urea groups is 1. The van der Waals surface area contributed by atoms with Gasteiger partial charge in [-0.15, -0.1) is 0 Å². The van der Waals surface area contributed by atoms with E-state index in [-0.39, 0.29) is 12.5 Å². The van der Waals surface area contributed by atoms with E-state index in [2.05, 4.69) is 5.32 Å². The molecule has 3 rings (SSSR count). The van der Waals surface area contributed by atoms with Crippen LogP contribution in [0.15, 0.2) is 48.5 Å². The third-order valence-corrected chi connectivity index (χ3v) is 4.92. The van der Waals surface area contributed by atoms with Gasteiger partial charge < -0.3 is 10.1 Å². The number of rotatable bonds is 6. The van der Waals surface area contributed by atoms with Gasteiger partial charge in [0.05, 0.1) is 13.2 Å². The Morgan fingerprint density at radius 3 is 2.38 bits per heavy atom. The fourth-order valence-electron chi connectivity index (χ4n) is 3.30. The molecule has 0 radical (unpaired) electrons. The Morgan fingerprint density at radius 1 is 1.00 bits per heavy atom. The predicted molar refractivity (Wildman–Crippen MR) is 99.9 cm³/mol. The molecule has 3 amide bonds. The standard InChI is InChI=1S/C21H24N2O3/c1-4-26-13-12-23-19(24)21(22-20(23)25,17-8-6-5-7-9-17)18-11-10-15(2)16(3)14-18/h5-11,14H,4,12-13H2,1-3H3,(H,22,25)/t21-/m1/s1. The van der Waals surface area contributed by atoms with E-state index in [1.165, 1.54) is 4.90 Å². The lowest BCUT2D eigenvalue weighted by Gasteiger charge is -2.28. The number of carbonyl (C=O) groups is 2. The number of hydrogen-bond donors (Lipinski definition) is 1. The third-order valence-electron chi connectivity index (χ3n) is 4.92. The van der Waals surface area contributed by atoms with Gasteiger partial charge in [0.2, 0.25) is 0 Å². The van der Waals surface area contributed by atoms with Gasteiger partial charge in [-0.25, -0.2) is 4.79 Å². The Balaban J connectivity index is 2.09. The molecule has 26 heavy (non-hydrogen) atoms. The van der Waals surface area contributed by atoms with Crippen LogP contribution in [0, 0.1) is 13.8 Å². The zero-order valence-corrected chi connectivity index (χ0v) is 15.4. The Morgan fingerprint density at radius 2 is 1.73 bits per heavy atom. The molecular formula is C21H24N2O3. The molecule has 0 aromatic heterocycles. The molecule has 0 bridgehead atoms. The van der Waals surface area contributed by atoms with E-state index in [0.29, 0.717) is 13.2 Å². The first-order valence-corrected chi connectivity index (χ1v) is 8.85. The van der Waals surface area contributed by atoms with Gasteiger partial charge in [0.25, 0.3) is 5.91 Å². The molecule has 1 N–H and O–H groups in total. The normalized spacial score (nSPS) is 19.7. The average molecular weight is 352 g/mol. The lowest BCUT2D eigenvalue weighted by Crippen LogP contribution is -2.45. The third kappa shape index (κ3) is 2.99. The lowest BCUT2D eigenvalue weighted by atomic mass is 9.81. The second-order valence-electron chi connectivity index (χ2n) is 6.50. The van der Waals surface area contributed by atoms with Crippen LogP contribution < -0.4 is 5.32 Å². The minimum Gasteiger partial charge on any atom is -0.380 e. The first-order chi connectivity index (χ1) is 12.5. The van der Waals surface area contributed by atoms with Gasteiger partial charge in [-0.3, -0.25) is 9.69 Å². The van der Waals surface area contributed by atoms with Crippen LogP contribution in [0.2, 0.25) is 0 Å². The van der Waals surface area contributed by atoms with Gasteiger partial charge in [-0.2, -0.15) is 0 Å². The molecule has 2 aromatic rings. The van der Waals surface area contributed by atoms with Gasteiger partial charge in [0.15, 0.2) is 5.54 Å². The van der Waals surface area contributed by atoms with Crippen molar-refractivity contribution in [3.63, 3.8) is 0 Å². The number of nitrogens with one attached hydrogen (secondary N) is 1. The molecule has 1 heterocycles.